The molecule has 0 spiro atoms. The van der Waals surface area contributed by atoms with Crippen LogP contribution in [0.15, 0.2) is 0 Å². The first-order valence-electron chi connectivity index (χ1n) is 10.1. The number of aliphatic carboxylic acids is 1. The standard InChI is InChI=1S/C16H33O6P.C2H4O2/c17-16(18)14-12-10-8-6-4-2-1-3-5-7-9-11-13-15-22-23(19,20)21;1-2-3-4-2/h1-15H2,(H,17,18)(H2,19,20,21);2H,1H3. The second kappa shape index (κ2) is 17.6. The lowest BCUT2D eigenvalue weighted by atomic mass is 10.0. The van der Waals surface area contributed by atoms with E-state index < -0.39 is 13.8 Å². The Labute approximate surface area is 162 Å². The Hall–Kier alpha value is -0.500. The summed E-state index contributed by atoms with van der Waals surface area (Å²) in [4.78, 5) is 35.8. The van der Waals surface area contributed by atoms with Gasteiger partial charge in [-0.2, -0.15) is 9.78 Å². The Morgan fingerprint density at radius 3 is 1.44 bits per heavy atom. The number of carbonyl (C=O) groups is 1. The van der Waals surface area contributed by atoms with Crippen molar-refractivity contribution >= 4 is 13.8 Å². The van der Waals surface area contributed by atoms with Gasteiger partial charge in [0.15, 0.2) is 0 Å². The van der Waals surface area contributed by atoms with Crippen LogP contribution in [0.1, 0.15) is 96.8 Å². The van der Waals surface area contributed by atoms with Crippen molar-refractivity contribution in [3.63, 3.8) is 0 Å². The summed E-state index contributed by atoms with van der Waals surface area (Å²) >= 11 is 0. The fourth-order valence-corrected chi connectivity index (χ4v) is 2.93. The van der Waals surface area contributed by atoms with Crippen LogP contribution in [0.4, 0.5) is 0 Å². The first kappa shape index (κ1) is 26.5. The second-order valence-electron chi connectivity index (χ2n) is 6.82. The van der Waals surface area contributed by atoms with Gasteiger partial charge in [0.1, 0.15) is 0 Å². The van der Waals surface area contributed by atoms with Crippen molar-refractivity contribution in [1.82, 2.24) is 0 Å². The average molecular weight is 412 g/mol. The molecule has 9 heteroatoms. The van der Waals surface area contributed by atoms with E-state index >= 15 is 0 Å². The molecule has 0 amide bonds. The van der Waals surface area contributed by atoms with Gasteiger partial charge in [0.05, 0.1) is 6.61 Å². The van der Waals surface area contributed by atoms with E-state index in [4.69, 9.17) is 14.9 Å². The first-order valence-corrected chi connectivity index (χ1v) is 11.6. The number of carboxylic acid groups (broad SMARTS) is 1. The second-order valence-corrected chi connectivity index (χ2v) is 8.06. The molecular weight excluding hydrogens is 375 g/mol. The maximum absolute atomic E-state index is 10.4. The van der Waals surface area contributed by atoms with Crippen molar-refractivity contribution in [3.05, 3.63) is 0 Å². The Morgan fingerprint density at radius 1 is 0.815 bits per heavy atom. The zero-order chi connectivity index (χ0) is 20.4. The normalized spacial score (nSPS) is 13.9. The van der Waals surface area contributed by atoms with Gasteiger partial charge in [-0.3, -0.25) is 9.32 Å². The van der Waals surface area contributed by atoms with Gasteiger partial charge in [-0.05, 0) is 19.8 Å². The molecule has 0 bridgehead atoms. The number of rotatable bonds is 17. The number of hydrogen-bond acceptors (Lipinski definition) is 5. The highest BCUT2D eigenvalue weighted by atomic mass is 31.2. The SMILES string of the molecule is CC1OO1.O=C(O)CCCCCCCCCCCCCCCOP(=O)(O)O. The van der Waals surface area contributed by atoms with E-state index in [1.807, 2.05) is 6.92 Å². The van der Waals surface area contributed by atoms with Crippen molar-refractivity contribution in [2.75, 3.05) is 6.61 Å². The van der Waals surface area contributed by atoms with E-state index in [0.29, 0.717) is 12.8 Å². The molecule has 1 saturated heterocycles. The number of carboxylic acids is 1. The van der Waals surface area contributed by atoms with E-state index in [-0.39, 0.29) is 12.9 Å². The van der Waals surface area contributed by atoms with Crippen LogP contribution in [0.25, 0.3) is 0 Å². The van der Waals surface area contributed by atoms with Crippen molar-refractivity contribution in [2.45, 2.75) is 103 Å². The van der Waals surface area contributed by atoms with Crippen LogP contribution in [0.2, 0.25) is 0 Å². The van der Waals surface area contributed by atoms with Gasteiger partial charge in [-0.1, -0.05) is 70.6 Å². The van der Waals surface area contributed by atoms with Gasteiger partial charge in [0, 0.05) is 6.42 Å². The third-order valence-corrected chi connectivity index (χ3v) is 4.60. The zero-order valence-electron chi connectivity index (χ0n) is 16.5. The lowest BCUT2D eigenvalue weighted by Crippen LogP contribution is -1.93. The van der Waals surface area contributed by atoms with Crippen molar-refractivity contribution in [3.8, 4) is 0 Å². The molecule has 0 aromatic rings. The molecule has 1 aliphatic heterocycles. The molecule has 1 aliphatic rings. The summed E-state index contributed by atoms with van der Waals surface area (Å²) in [6.07, 6.45) is 14.7. The predicted octanol–water partition coefficient (Wildman–Crippen LogP) is 4.94. The molecular formula is C18H37O8P. The molecule has 0 aliphatic carbocycles. The van der Waals surface area contributed by atoms with Gasteiger partial charge in [0.2, 0.25) is 6.29 Å². The van der Waals surface area contributed by atoms with Crippen LogP contribution >= 0.6 is 7.82 Å². The molecule has 0 radical (unpaired) electrons. The summed E-state index contributed by atoms with van der Waals surface area (Å²) < 4.78 is 14.8. The Kier molecular flexibility index (Phi) is 17.3. The molecule has 1 heterocycles. The van der Waals surface area contributed by atoms with Crippen molar-refractivity contribution in [2.24, 2.45) is 0 Å². The quantitative estimate of drug-likeness (QED) is 0.133. The highest BCUT2D eigenvalue weighted by Gasteiger charge is 2.16. The maximum atomic E-state index is 10.4. The third-order valence-electron chi connectivity index (χ3n) is 4.08. The summed E-state index contributed by atoms with van der Waals surface area (Å²) in [5.74, 6) is -0.695. The molecule has 1 rings (SSSR count). The molecule has 27 heavy (non-hydrogen) atoms. The monoisotopic (exact) mass is 412 g/mol. The largest absolute Gasteiger partial charge is 0.481 e. The summed E-state index contributed by atoms with van der Waals surface area (Å²) in [6, 6.07) is 0. The molecule has 3 N–H and O–H groups in total. The summed E-state index contributed by atoms with van der Waals surface area (Å²) in [6.45, 7) is 1.97. The zero-order valence-corrected chi connectivity index (χ0v) is 17.4. The van der Waals surface area contributed by atoms with Crippen LogP contribution in [0, 0.1) is 0 Å². The molecule has 1 fully saturated rings. The minimum absolute atomic E-state index is 0.0833. The number of phosphoric acid groups is 1. The summed E-state index contributed by atoms with van der Waals surface area (Å²) in [5, 5.41) is 8.51. The summed E-state index contributed by atoms with van der Waals surface area (Å²) in [7, 11) is -4.28. The molecule has 0 saturated carbocycles. The van der Waals surface area contributed by atoms with Gasteiger partial charge < -0.3 is 14.9 Å². The van der Waals surface area contributed by atoms with E-state index in [9.17, 15) is 9.36 Å². The Balaban J connectivity index is 0.00000148. The van der Waals surface area contributed by atoms with E-state index in [0.717, 1.165) is 32.1 Å². The number of hydrogen-bond donors (Lipinski definition) is 3. The molecule has 0 aromatic heterocycles. The van der Waals surface area contributed by atoms with Crippen LogP contribution < -0.4 is 0 Å². The van der Waals surface area contributed by atoms with Gasteiger partial charge >= 0.3 is 13.8 Å². The van der Waals surface area contributed by atoms with Crippen LogP contribution in [0.3, 0.4) is 0 Å². The number of unbranched alkanes of at least 4 members (excludes halogenated alkanes) is 12. The van der Waals surface area contributed by atoms with Gasteiger partial charge in [-0.15, -0.1) is 0 Å². The third kappa shape index (κ3) is 27.8. The lowest BCUT2D eigenvalue weighted by Gasteiger charge is -2.05. The average Bonchev–Trinajstić information content (AvgIpc) is 3.36. The van der Waals surface area contributed by atoms with Crippen LogP contribution in [-0.2, 0) is 23.7 Å². The van der Waals surface area contributed by atoms with Gasteiger partial charge in [-0.25, -0.2) is 4.57 Å². The molecule has 0 atom stereocenters. The molecule has 0 unspecified atom stereocenters. The first-order chi connectivity index (χ1) is 12.8. The number of phosphoric ester groups is 1. The predicted molar refractivity (Wildman–Crippen MR) is 102 cm³/mol. The highest BCUT2D eigenvalue weighted by molar-refractivity contribution is 7.46. The fraction of sp³-hybridized carbons (Fsp3) is 0.944. The van der Waals surface area contributed by atoms with Crippen molar-refractivity contribution in [1.29, 1.82) is 0 Å². The molecule has 162 valence electrons. The van der Waals surface area contributed by atoms with Gasteiger partial charge in [0.25, 0.3) is 0 Å². The van der Waals surface area contributed by atoms with E-state index in [2.05, 4.69) is 14.3 Å². The maximum Gasteiger partial charge on any atom is 0.469 e. The van der Waals surface area contributed by atoms with E-state index in [1.165, 1.54) is 44.9 Å². The topological polar surface area (TPSA) is 129 Å². The van der Waals surface area contributed by atoms with Crippen LogP contribution in [-0.4, -0.2) is 33.8 Å². The van der Waals surface area contributed by atoms with Crippen molar-refractivity contribution < 1.29 is 38.6 Å². The highest BCUT2D eigenvalue weighted by Crippen LogP contribution is 2.35. The minimum Gasteiger partial charge on any atom is -0.481 e. The van der Waals surface area contributed by atoms with Crippen LogP contribution in [0.5, 0.6) is 0 Å². The molecule has 8 nitrogen and oxygen atoms in total. The minimum atomic E-state index is -4.28. The smallest absolute Gasteiger partial charge is 0.469 e. The Bertz CT molecular complexity index is 395. The summed E-state index contributed by atoms with van der Waals surface area (Å²) in [5.41, 5.74) is 0. The lowest BCUT2D eigenvalue weighted by molar-refractivity contribution is -0.137. The van der Waals surface area contributed by atoms with E-state index in [1.54, 1.807) is 0 Å². The Morgan fingerprint density at radius 2 is 1.15 bits per heavy atom. The fourth-order valence-electron chi connectivity index (χ4n) is 2.56. The molecule has 0 aromatic carbocycles.